The van der Waals surface area contributed by atoms with E-state index in [1.54, 1.807) is 10.4 Å². The van der Waals surface area contributed by atoms with E-state index in [1.807, 2.05) is 0 Å². The Balaban J connectivity index is 1.93. The topological polar surface area (TPSA) is 40.6 Å². The standard InChI is InChI=1S/C15H21FN2O2S/c1-11(2)17-9-12-7-8-13(10-17)18(12)21(19,20)15-6-4-3-5-14(15)16/h3-6,11-13H,7-10H2,1-2H3. The lowest BCUT2D eigenvalue weighted by Crippen LogP contribution is -2.57. The molecule has 3 rings (SSSR count). The average molecular weight is 312 g/mol. The Kier molecular flexibility index (Phi) is 3.80. The van der Waals surface area contributed by atoms with Crippen molar-refractivity contribution in [2.75, 3.05) is 13.1 Å². The van der Waals surface area contributed by atoms with Crippen LogP contribution in [0.3, 0.4) is 0 Å². The van der Waals surface area contributed by atoms with Crippen LogP contribution in [0.25, 0.3) is 0 Å². The summed E-state index contributed by atoms with van der Waals surface area (Å²) in [6.45, 7) is 5.73. The molecule has 2 bridgehead atoms. The van der Waals surface area contributed by atoms with Crippen LogP contribution in [0, 0.1) is 5.82 Å². The second-order valence-electron chi connectivity index (χ2n) is 6.20. The lowest BCUT2D eigenvalue weighted by molar-refractivity contribution is 0.103. The molecule has 6 heteroatoms. The lowest BCUT2D eigenvalue weighted by atomic mass is 10.2. The van der Waals surface area contributed by atoms with Crippen LogP contribution in [0.1, 0.15) is 26.7 Å². The van der Waals surface area contributed by atoms with Gasteiger partial charge in [0.15, 0.2) is 0 Å². The minimum Gasteiger partial charge on any atom is -0.298 e. The van der Waals surface area contributed by atoms with E-state index in [0.29, 0.717) is 6.04 Å². The largest absolute Gasteiger partial charge is 0.298 e. The predicted molar refractivity (Wildman–Crippen MR) is 78.9 cm³/mol. The molecule has 2 fully saturated rings. The summed E-state index contributed by atoms with van der Waals surface area (Å²) < 4.78 is 41.1. The molecule has 0 aliphatic carbocycles. The van der Waals surface area contributed by atoms with Crippen LogP contribution in [0.15, 0.2) is 29.2 Å². The van der Waals surface area contributed by atoms with Gasteiger partial charge in [-0.2, -0.15) is 4.31 Å². The van der Waals surface area contributed by atoms with Gasteiger partial charge in [0.1, 0.15) is 10.7 Å². The molecule has 0 saturated carbocycles. The molecule has 4 nitrogen and oxygen atoms in total. The number of benzene rings is 1. The Hall–Kier alpha value is -0.980. The van der Waals surface area contributed by atoms with Crippen molar-refractivity contribution in [2.45, 2.75) is 49.7 Å². The first-order valence-electron chi connectivity index (χ1n) is 7.43. The zero-order valence-corrected chi connectivity index (χ0v) is 13.2. The summed E-state index contributed by atoms with van der Waals surface area (Å²) in [6, 6.07) is 6.00. The van der Waals surface area contributed by atoms with Gasteiger partial charge in [-0.15, -0.1) is 0 Å². The maximum atomic E-state index is 13.9. The van der Waals surface area contributed by atoms with Crippen molar-refractivity contribution < 1.29 is 12.8 Å². The average Bonchev–Trinajstić information content (AvgIpc) is 2.71. The third-order valence-electron chi connectivity index (χ3n) is 4.57. The maximum absolute atomic E-state index is 13.9. The molecule has 2 saturated heterocycles. The van der Waals surface area contributed by atoms with Crippen molar-refractivity contribution in [3.63, 3.8) is 0 Å². The van der Waals surface area contributed by atoms with Crippen molar-refractivity contribution in [2.24, 2.45) is 0 Å². The number of fused-ring (bicyclic) bond motifs is 2. The minimum atomic E-state index is -3.75. The number of rotatable bonds is 3. The smallest absolute Gasteiger partial charge is 0.246 e. The van der Waals surface area contributed by atoms with Gasteiger partial charge in [-0.1, -0.05) is 12.1 Å². The highest BCUT2D eigenvalue weighted by Gasteiger charge is 2.47. The molecule has 2 aliphatic rings. The van der Waals surface area contributed by atoms with Crippen molar-refractivity contribution in [1.82, 2.24) is 9.21 Å². The molecule has 2 heterocycles. The number of nitrogens with zero attached hydrogens (tertiary/aromatic N) is 2. The van der Waals surface area contributed by atoms with Crippen LogP contribution < -0.4 is 0 Å². The quantitative estimate of drug-likeness (QED) is 0.858. The Morgan fingerprint density at radius 3 is 2.24 bits per heavy atom. The first-order chi connectivity index (χ1) is 9.91. The first-order valence-corrected chi connectivity index (χ1v) is 8.87. The molecule has 1 aromatic rings. The molecule has 0 spiro atoms. The fourth-order valence-corrected chi connectivity index (χ4v) is 5.40. The summed E-state index contributed by atoms with van der Waals surface area (Å²) in [5.74, 6) is -0.664. The van der Waals surface area contributed by atoms with Gasteiger partial charge < -0.3 is 0 Å². The fraction of sp³-hybridized carbons (Fsp3) is 0.600. The van der Waals surface area contributed by atoms with E-state index in [2.05, 4.69) is 18.7 Å². The molecular weight excluding hydrogens is 291 g/mol. The maximum Gasteiger partial charge on any atom is 0.246 e. The summed E-state index contributed by atoms with van der Waals surface area (Å²) >= 11 is 0. The molecule has 0 radical (unpaired) electrons. The van der Waals surface area contributed by atoms with E-state index < -0.39 is 15.8 Å². The number of sulfonamides is 1. The molecule has 0 N–H and O–H groups in total. The summed E-state index contributed by atoms with van der Waals surface area (Å²) in [5.41, 5.74) is 0. The van der Waals surface area contributed by atoms with Crippen molar-refractivity contribution in [3.8, 4) is 0 Å². The van der Waals surface area contributed by atoms with Gasteiger partial charge in [0.25, 0.3) is 0 Å². The van der Waals surface area contributed by atoms with Crippen LogP contribution in [0.2, 0.25) is 0 Å². The SMILES string of the molecule is CC(C)N1CC2CCC(C1)N2S(=O)(=O)c1ccccc1F. The van der Waals surface area contributed by atoms with Gasteiger partial charge in [-0.25, -0.2) is 12.8 Å². The molecule has 21 heavy (non-hydrogen) atoms. The summed E-state index contributed by atoms with van der Waals surface area (Å²) in [6.07, 6.45) is 1.73. The number of hydrogen-bond acceptors (Lipinski definition) is 3. The third kappa shape index (κ3) is 2.49. The summed E-state index contributed by atoms with van der Waals surface area (Å²) in [5, 5.41) is 0. The second-order valence-corrected chi connectivity index (χ2v) is 8.01. The number of hydrogen-bond donors (Lipinski definition) is 0. The molecule has 0 amide bonds. The lowest BCUT2D eigenvalue weighted by Gasteiger charge is -2.41. The van der Waals surface area contributed by atoms with Gasteiger partial charge in [0, 0.05) is 31.2 Å². The van der Waals surface area contributed by atoms with E-state index in [0.717, 1.165) is 25.9 Å². The Morgan fingerprint density at radius 1 is 1.14 bits per heavy atom. The zero-order valence-electron chi connectivity index (χ0n) is 12.4. The number of piperazine rings is 1. The highest BCUT2D eigenvalue weighted by Crippen LogP contribution is 2.36. The van der Waals surface area contributed by atoms with E-state index in [1.165, 1.54) is 18.2 Å². The molecule has 2 aliphatic heterocycles. The van der Waals surface area contributed by atoms with Crippen LogP contribution in [0.5, 0.6) is 0 Å². The third-order valence-corrected chi connectivity index (χ3v) is 6.60. The van der Waals surface area contributed by atoms with Gasteiger partial charge in [0.05, 0.1) is 0 Å². The zero-order chi connectivity index (χ0) is 15.2. The number of likely N-dealkylation sites (tertiary alicyclic amines) is 1. The second kappa shape index (κ2) is 5.34. The molecule has 0 aromatic heterocycles. The molecule has 116 valence electrons. The van der Waals surface area contributed by atoms with Gasteiger partial charge in [-0.3, -0.25) is 4.90 Å². The van der Waals surface area contributed by atoms with Gasteiger partial charge >= 0.3 is 0 Å². The molecule has 2 unspecified atom stereocenters. The van der Waals surface area contributed by atoms with Crippen LogP contribution >= 0.6 is 0 Å². The van der Waals surface area contributed by atoms with Crippen LogP contribution in [-0.2, 0) is 10.0 Å². The van der Waals surface area contributed by atoms with Gasteiger partial charge in [0.2, 0.25) is 10.0 Å². The summed E-state index contributed by atoms with van der Waals surface area (Å²) in [7, 11) is -3.75. The Morgan fingerprint density at radius 2 is 1.71 bits per heavy atom. The van der Waals surface area contributed by atoms with E-state index in [9.17, 15) is 12.8 Å². The van der Waals surface area contributed by atoms with Crippen molar-refractivity contribution in [1.29, 1.82) is 0 Å². The van der Waals surface area contributed by atoms with E-state index in [-0.39, 0.29) is 17.0 Å². The monoisotopic (exact) mass is 312 g/mol. The first kappa shape index (κ1) is 14.9. The van der Waals surface area contributed by atoms with Gasteiger partial charge in [-0.05, 0) is 38.8 Å². The van der Waals surface area contributed by atoms with E-state index >= 15 is 0 Å². The van der Waals surface area contributed by atoms with E-state index in [4.69, 9.17) is 0 Å². The highest BCUT2D eigenvalue weighted by molar-refractivity contribution is 7.89. The number of halogens is 1. The molecule has 2 atom stereocenters. The minimum absolute atomic E-state index is 0.0317. The van der Waals surface area contributed by atoms with Crippen molar-refractivity contribution in [3.05, 3.63) is 30.1 Å². The normalized spacial score (nSPS) is 27.4. The summed E-state index contributed by atoms with van der Waals surface area (Å²) in [4.78, 5) is 2.12. The molecular formula is C15H21FN2O2S. The Bertz CT molecular complexity index is 618. The van der Waals surface area contributed by atoms with Crippen molar-refractivity contribution >= 4 is 10.0 Å². The van der Waals surface area contributed by atoms with Crippen LogP contribution in [0.4, 0.5) is 4.39 Å². The predicted octanol–water partition coefficient (Wildman–Crippen LogP) is 2.07. The fourth-order valence-electron chi connectivity index (χ4n) is 3.48. The molecule has 1 aromatic carbocycles. The Labute approximate surface area is 125 Å². The van der Waals surface area contributed by atoms with Crippen LogP contribution in [-0.4, -0.2) is 48.8 Å². The highest BCUT2D eigenvalue weighted by atomic mass is 32.2.